The van der Waals surface area contributed by atoms with Crippen LogP contribution in [0, 0.1) is 0 Å². The Labute approximate surface area is 147 Å². The fourth-order valence-corrected chi connectivity index (χ4v) is 3.28. The molecule has 0 spiro atoms. The number of fused-ring (bicyclic) bond motifs is 1. The lowest BCUT2D eigenvalue weighted by atomic mass is 9.96. The van der Waals surface area contributed by atoms with Crippen LogP contribution in [0.4, 0.5) is 4.79 Å². The summed E-state index contributed by atoms with van der Waals surface area (Å²) < 4.78 is 5.48. The van der Waals surface area contributed by atoms with Crippen molar-refractivity contribution in [1.82, 2.24) is 14.9 Å². The Morgan fingerprint density at radius 3 is 2.96 bits per heavy atom. The summed E-state index contributed by atoms with van der Waals surface area (Å²) in [6, 6.07) is 15.2. The van der Waals surface area contributed by atoms with Gasteiger partial charge in [-0.05, 0) is 30.5 Å². The molecule has 0 aliphatic carbocycles. The first-order valence-electron chi connectivity index (χ1n) is 8.43. The van der Waals surface area contributed by atoms with E-state index in [9.17, 15) is 4.79 Å². The van der Waals surface area contributed by atoms with Gasteiger partial charge in [-0.1, -0.05) is 41.9 Å². The molecule has 1 aromatic heterocycles. The summed E-state index contributed by atoms with van der Waals surface area (Å²) in [6.07, 6.45) is 1.51. The van der Waals surface area contributed by atoms with Crippen LogP contribution in [-0.4, -0.2) is 35.4 Å². The van der Waals surface area contributed by atoms with Gasteiger partial charge in [0, 0.05) is 6.54 Å². The topological polar surface area (TPSA) is 58.2 Å². The minimum atomic E-state index is -0.300. The van der Waals surface area contributed by atoms with Gasteiger partial charge in [-0.25, -0.2) is 9.78 Å². The quantitative estimate of drug-likeness (QED) is 0.751. The van der Waals surface area contributed by atoms with Crippen molar-refractivity contribution in [2.75, 3.05) is 6.54 Å². The molecule has 1 N–H and O–H groups in total. The third-order valence-electron chi connectivity index (χ3n) is 4.53. The summed E-state index contributed by atoms with van der Waals surface area (Å²) in [5.74, 6) is 0.787. The maximum atomic E-state index is 12.5. The third-order valence-corrected chi connectivity index (χ3v) is 4.53. The van der Waals surface area contributed by atoms with Crippen LogP contribution in [0.1, 0.15) is 30.3 Å². The van der Waals surface area contributed by atoms with Crippen LogP contribution in [0.25, 0.3) is 11.0 Å². The Morgan fingerprint density at radius 1 is 1.28 bits per heavy atom. The van der Waals surface area contributed by atoms with Crippen LogP contribution in [0.2, 0.25) is 0 Å². The number of aromatic amines is 1. The Balaban J connectivity index is 1.50. The van der Waals surface area contributed by atoms with E-state index in [1.54, 1.807) is 4.90 Å². The van der Waals surface area contributed by atoms with Gasteiger partial charge >= 0.3 is 6.09 Å². The molecule has 3 aromatic rings. The highest BCUT2D eigenvalue weighted by Gasteiger charge is 2.33. The number of nitrogens with zero attached hydrogens (tertiary/aromatic N) is 2. The predicted octanol–water partition coefficient (Wildman–Crippen LogP) is 2.83. The average molecular weight is 331 g/mol. The number of hydrogen-bond donors (Lipinski definition) is 1. The lowest BCUT2D eigenvalue weighted by Crippen LogP contribution is -2.31. The SMILES string of the molecule is [B]c1ccc2nc([C@@H]3CCCN3C(=O)OCc3ccccc3)[nH]c2c1. The Bertz CT molecular complexity index is 894. The average Bonchev–Trinajstić information content (AvgIpc) is 3.26. The predicted molar refractivity (Wildman–Crippen MR) is 96.8 cm³/mol. The summed E-state index contributed by atoms with van der Waals surface area (Å²) in [5, 5.41) is 0. The number of likely N-dealkylation sites (tertiary alicyclic amines) is 1. The highest BCUT2D eigenvalue weighted by Crippen LogP contribution is 2.31. The molecule has 1 atom stereocenters. The van der Waals surface area contributed by atoms with Crippen LogP contribution in [-0.2, 0) is 11.3 Å². The van der Waals surface area contributed by atoms with E-state index in [1.165, 1.54) is 0 Å². The molecule has 1 saturated heterocycles. The summed E-state index contributed by atoms with van der Waals surface area (Å²) in [4.78, 5) is 22.2. The number of aromatic nitrogens is 2. The molecule has 1 aliphatic rings. The second kappa shape index (κ2) is 6.63. The molecule has 0 bridgehead atoms. The first-order chi connectivity index (χ1) is 12.2. The number of amides is 1. The zero-order valence-corrected chi connectivity index (χ0v) is 13.8. The molecule has 2 heterocycles. The second-order valence-electron chi connectivity index (χ2n) is 6.29. The molecule has 5 nitrogen and oxygen atoms in total. The van der Waals surface area contributed by atoms with Crippen molar-refractivity contribution in [2.45, 2.75) is 25.5 Å². The number of rotatable bonds is 3. The van der Waals surface area contributed by atoms with E-state index in [-0.39, 0.29) is 18.7 Å². The van der Waals surface area contributed by atoms with E-state index in [0.29, 0.717) is 12.0 Å². The molecule has 0 unspecified atom stereocenters. The molecule has 1 fully saturated rings. The molecule has 124 valence electrons. The summed E-state index contributed by atoms with van der Waals surface area (Å²) in [5.41, 5.74) is 3.41. The Kier molecular flexibility index (Phi) is 4.18. The van der Waals surface area contributed by atoms with Crippen LogP contribution in [0.15, 0.2) is 48.5 Å². The van der Waals surface area contributed by atoms with Crippen molar-refractivity contribution >= 4 is 30.4 Å². The van der Waals surface area contributed by atoms with Crippen molar-refractivity contribution in [2.24, 2.45) is 0 Å². The van der Waals surface area contributed by atoms with Crippen LogP contribution < -0.4 is 5.46 Å². The molecular formula is C19H18BN3O2. The fourth-order valence-electron chi connectivity index (χ4n) is 3.28. The molecule has 1 amide bonds. The summed E-state index contributed by atoms with van der Waals surface area (Å²) in [7, 11) is 5.82. The highest BCUT2D eigenvalue weighted by molar-refractivity contribution is 6.33. The Hall–Kier alpha value is -2.76. The van der Waals surface area contributed by atoms with Crippen molar-refractivity contribution in [3.05, 3.63) is 59.9 Å². The fraction of sp³-hybridized carbons (Fsp3) is 0.263. The van der Waals surface area contributed by atoms with Crippen LogP contribution in [0.3, 0.4) is 0 Å². The normalized spacial score (nSPS) is 17.1. The molecule has 6 heteroatoms. The van der Waals surface area contributed by atoms with Gasteiger partial charge in [0.1, 0.15) is 20.3 Å². The molecule has 2 aromatic carbocycles. The van der Waals surface area contributed by atoms with Gasteiger partial charge in [0.2, 0.25) is 0 Å². The summed E-state index contributed by atoms with van der Waals surface area (Å²) in [6.45, 7) is 0.955. The van der Waals surface area contributed by atoms with E-state index in [0.717, 1.165) is 35.3 Å². The first kappa shape index (κ1) is 15.8. The van der Waals surface area contributed by atoms with Gasteiger partial charge in [0.25, 0.3) is 0 Å². The molecule has 0 saturated carbocycles. The number of carbonyl (C=O) groups is 1. The van der Waals surface area contributed by atoms with Gasteiger partial charge in [-0.15, -0.1) is 0 Å². The number of ether oxygens (including phenoxy) is 1. The zero-order chi connectivity index (χ0) is 17.2. The van der Waals surface area contributed by atoms with E-state index >= 15 is 0 Å². The van der Waals surface area contributed by atoms with Gasteiger partial charge in [-0.2, -0.15) is 0 Å². The van der Waals surface area contributed by atoms with Crippen LogP contribution >= 0.6 is 0 Å². The number of nitrogens with one attached hydrogen (secondary N) is 1. The number of carbonyl (C=O) groups excluding carboxylic acids is 1. The van der Waals surface area contributed by atoms with E-state index in [4.69, 9.17) is 12.6 Å². The van der Waals surface area contributed by atoms with Crippen molar-refractivity contribution in [3.8, 4) is 0 Å². The maximum absolute atomic E-state index is 12.5. The Morgan fingerprint density at radius 2 is 2.12 bits per heavy atom. The smallest absolute Gasteiger partial charge is 0.410 e. The number of imidazole rings is 1. The summed E-state index contributed by atoms with van der Waals surface area (Å²) >= 11 is 0. The number of hydrogen-bond acceptors (Lipinski definition) is 3. The minimum absolute atomic E-state index is 0.0862. The standard InChI is InChI=1S/C19H18BN3O2/c20-14-8-9-15-16(11-14)22-18(21-15)17-7-4-10-23(17)19(24)25-12-13-5-2-1-3-6-13/h1-3,5-6,8-9,11,17H,4,7,10,12H2,(H,21,22)/t17-/m0/s1. The zero-order valence-electron chi connectivity index (χ0n) is 13.8. The van der Waals surface area contributed by atoms with E-state index in [2.05, 4.69) is 9.97 Å². The maximum Gasteiger partial charge on any atom is 0.410 e. The minimum Gasteiger partial charge on any atom is -0.445 e. The van der Waals surface area contributed by atoms with E-state index < -0.39 is 0 Å². The number of benzene rings is 2. The van der Waals surface area contributed by atoms with Crippen molar-refractivity contribution in [3.63, 3.8) is 0 Å². The molecule has 2 radical (unpaired) electrons. The molecular weight excluding hydrogens is 313 g/mol. The lowest BCUT2D eigenvalue weighted by Gasteiger charge is -2.22. The van der Waals surface area contributed by atoms with Gasteiger partial charge in [0.15, 0.2) is 0 Å². The second-order valence-corrected chi connectivity index (χ2v) is 6.29. The van der Waals surface area contributed by atoms with Gasteiger partial charge < -0.3 is 9.72 Å². The van der Waals surface area contributed by atoms with Gasteiger partial charge in [0.05, 0.1) is 17.1 Å². The van der Waals surface area contributed by atoms with Gasteiger partial charge in [-0.3, -0.25) is 4.90 Å². The van der Waals surface area contributed by atoms with Crippen molar-refractivity contribution in [1.29, 1.82) is 0 Å². The third kappa shape index (κ3) is 3.24. The molecule has 4 rings (SSSR count). The monoisotopic (exact) mass is 331 g/mol. The van der Waals surface area contributed by atoms with Crippen LogP contribution in [0.5, 0.6) is 0 Å². The first-order valence-corrected chi connectivity index (χ1v) is 8.43. The molecule has 25 heavy (non-hydrogen) atoms. The number of H-pyrrole nitrogens is 1. The van der Waals surface area contributed by atoms with Crippen molar-refractivity contribution < 1.29 is 9.53 Å². The van der Waals surface area contributed by atoms with E-state index in [1.807, 2.05) is 48.5 Å². The highest BCUT2D eigenvalue weighted by atomic mass is 16.6. The lowest BCUT2D eigenvalue weighted by molar-refractivity contribution is 0.0910. The molecule has 1 aliphatic heterocycles. The largest absolute Gasteiger partial charge is 0.445 e.